The van der Waals surface area contributed by atoms with Crippen LogP contribution in [-0.2, 0) is 33.2 Å². The van der Waals surface area contributed by atoms with E-state index in [2.05, 4.69) is 20.8 Å². The van der Waals surface area contributed by atoms with Crippen molar-refractivity contribution in [2.75, 3.05) is 13.2 Å². The smallest absolute Gasteiger partial charge is 0.331 e. The molecule has 262 valence electrons. The molecule has 46 heavy (non-hydrogen) atoms. The predicted octanol–water partition coefficient (Wildman–Crippen LogP) is -0.917. The van der Waals surface area contributed by atoms with Crippen LogP contribution in [0.25, 0.3) is 0 Å². The maximum atomic E-state index is 11.8. The zero-order valence-electron chi connectivity index (χ0n) is 26.8. The molecule has 4 aliphatic heterocycles. The van der Waals surface area contributed by atoms with Crippen molar-refractivity contribution in [1.29, 1.82) is 0 Å². The Morgan fingerprint density at radius 3 is 2.28 bits per heavy atom. The van der Waals surface area contributed by atoms with Gasteiger partial charge in [-0.15, -0.1) is 0 Å². The van der Waals surface area contributed by atoms with E-state index >= 15 is 0 Å². The molecule has 0 amide bonds. The molecule has 7 N–H and O–H groups in total. The summed E-state index contributed by atoms with van der Waals surface area (Å²) in [6.07, 6.45) is -10.7. The van der Waals surface area contributed by atoms with Crippen molar-refractivity contribution < 1.29 is 69.0 Å². The standard InChI is InChI=1S/C32H50O14/c1-13-22(35)24(37)26(39)29(42-13)46-27-25(38)23(36)18(11-33)44-30(27)45-20-7-8-32(4)16-10-17(14-9-21(34)41-12-14)43-28(40)15(16)5-6-19(32)31(20,2)3/h9,13,15-20,22-30,33,35-40H,5-8,10-12H2,1-4H3/t13-,15-,16+,17+,18+,19-,20-,22-,23+,24+,25-,26+,27+,28-,29-,30-,32+/m0/s1. The molecular formula is C32H50O14. The minimum Gasteiger partial charge on any atom is -0.458 e. The highest BCUT2D eigenvalue weighted by Gasteiger charge is 2.62. The van der Waals surface area contributed by atoms with Gasteiger partial charge in [-0.1, -0.05) is 20.8 Å². The van der Waals surface area contributed by atoms with Crippen LogP contribution < -0.4 is 0 Å². The third-order valence-corrected chi connectivity index (χ3v) is 12.1. The molecule has 0 unspecified atom stereocenters. The molecule has 14 heteroatoms. The third kappa shape index (κ3) is 5.86. The molecule has 0 aromatic rings. The highest BCUT2D eigenvalue weighted by atomic mass is 16.8. The van der Waals surface area contributed by atoms with E-state index in [1.807, 2.05) is 0 Å². The number of carbonyl (C=O) groups is 1. The van der Waals surface area contributed by atoms with E-state index in [1.54, 1.807) is 0 Å². The first-order chi connectivity index (χ1) is 21.7. The summed E-state index contributed by atoms with van der Waals surface area (Å²) in [6.45, 7) is 7.59. The minimum atomic E-state index is -1.66. The van der Waals surface area contributed by atoms with Crippen LogP contribution in [0.15, 0.2) is 11.6 Å². The van der Waals surface area contributed by atoms with Gasteiger partial charge in [-0.05, 0) is 61.7 Å². The fourth-order valence-electron chi connectivity index (χ4n) is 9.41. The summed E-state index contributed by atoms with van der Waals surface area (Å²) in [4.78, 5) is 11.8. The van der Waals surface area contributed by atoms with Crippen molar-refractivity contribution in [2.45, 2.75) is 140 Å². The number of rotatable bonds is 6. The topological polar surface area (TPSA) is 214 Å². The number of carbonyl (C=O) groups excluding carboxylic acids is 1. The molecular weight excluding hydrogens is 608 g/mol. The van der Waals surface area contributed by atoms with Gasteiger partial charge in [0.25, 0.3) is 0 Å². The van der Waals surface area contributed by atoms with Gasteiger partial charge in [0, 0.05) is 17.6 Å². The zero-order valence-corrected chi connectivity index (χ0v) is 26.8. The first kappa shape index (κ1) is 34.6. The second-order valence-corrected chi connectivity index (χ2v) is 15.0. The molecule has 2 aliphatic carbocycles. The van der Waals surface area contributed by atoms with Crippen molar-refractivity contribution in [3.63, 3.8) is 0 Å². The minimum absolute atomic E-state index is 0.0519. The van der Waals surface area contributed by atoms with Crippen LogP contribution in [0.5, 0.6) is 0 Å². The van der Waals surface area contributed by atoms with Crippen LogP contribution in [0.4, 0.5) is 0 Å². The van der Waals surface area contributed by atoms with Crippen LogP contribution in [0, 0.1) is 28.6 Å². The van der Waals surface area contributed by atoms with Crippen molar-refractivity contribution in [3.8, 4) is 0 Å². The number of fused-ring (bicyclic) bond motifs is 3. The highest BCUT2D eigenvalue weighted by Crippen LogP contribution is 2.64. The SMILES string of the molecule is C[C@@H]1O[C@@H](O[C@H]2[C@H](O[C@H]3CC[C@]4(C)[C@@H]5C[C@H](C6=CC(=O)OC6)O[C@H](O)[C@H]5CC[C@H]4C3(C)C)O[C@H](CO)[C@@H](O)[C@@H]2O)[C@H](O)[C@H](O)[C@H]1O. The Morgan fingerprint density at radius 1 is 0.870 bits per heavy atom. The Hall–Kier alpha value is -1.27. The summed E-state index contributed by atoms with van der Waals surface area (Å²) in [5.74, 6) is -0.190. The van der Waals surface area contributed by atoms with E-state index in [1.165, 1.54) is 13.0 Å². The first-order valence-electron chi connectivity index (χ1n) is 16.5. The van der Waals surface area contributed by atoms with E-state index in [4.69, 9.17) is 28.4 Å². The summed E-state index contributed by atoms with van der Waals surface area (Å²) in [5, 5.41) is 73.8. The van der Waals surface area contributed by atoms with Crippen molar-refractivity contribution >= 4 is 5.97 Å². The van der Waals surface area contributed by atoms with E-state index in [0.717, 1.165) is 24.8 Å². The fraction of sp³-hybridized carbons (Fsp3) is 0.906. The Bertz CT molecular complexity index is 1150. The summed E-state index contributed by atoms with van der Waals surface area (Å²) in [6, 6.07) is 0. The molecule has 2 saturated carbocycles. The summed E-state index contributed by atoms with van der Waals surface area (Å²) >= 11 is 0. The van der Waals surface area contributed by atoms with Gasteiger partial charge in [0.05, 0.1) is 24.9 Å². The Morgan fingerprint density at radius 2 is 1.61 bits per heavy atom. The monoisotopic (exact) mass is 658 g/mol. The number of ether oxygens (including phenoxy) is 6. The van der Waals surface area contributed by atoms with Gasteiger partial charge in [-0.3, -0.25) is 0 Å². The fourth-order valence-corrected chi connectivity index (χ4v) is 9.41. The zero-order chi connectivity index (χ0) is 33.3. The number of aliphatic hydroxyl groups is 7. The number of aliphatic hydroxyl groups excluding tert-OH is 7. The van der Waals surface area contributed by atoms with E-state index < -0.39 is 97.9 Å². The quantitative estimate of drug-likeness (QED) is 0.136. The molecule has 0 bridgehead atoms. The Labute approximate surface area is 268 Å². The predicted molar refractivity (Wildman–Crippen MR) is 155 cm³/mol. The molecule has 0 aromatic heterocycles. The Balaban J connectivity index is 1.22. The van der Waals surface area contributed by atoms with Gasteiger partial charge in [0.1, 0.15) is 49.3 Å². The summed E-state index contributed by atoms with van der Waals surface area (Å²) in [5.41, 5.74) is 0.105. The van der Waals surface area contributed by atoms with Crippen molar-refractivity contribution in [1.82, 2.24) is 0 Å². The van der Waals surface area contributed by atoms with Crippen LogP contribution in [0.1, 0.15) is 59.8 Å². The van der Waals surface area contributed by atoms with E-state index in [0.29, 0.717) is 12.8 Å². The maximum Gasteiger partial charge on any atom is 0.331 e. The molecule has 0 spiro atoms. The van der Waals surface area contributed by atoms with Crippen LogP contribution in [0.3, 0.4) is 0 Å². The second kappa shape index (κ2) is 12.9. The largest absolute Gasteiger partial charge is 0.458 e. The van der Waals surface area contributed by atoms with Crippen molar-refractivity contribution in [3.05, 3.63) is 11.6 Å². The van der Waals surface area contributed by atoms with Gasteiger partial charge < -0.3 is 64.2 Å². The first-order valence-corrected chi connectivity index (χ1v) is 16.5. The lowest BCUT2D eigenvalue weighted by atomic mass is 9.44. The lowest BCUT2D eigenvalue weighted by molar-refractivity contribution is -0.376. The Kier molecular flexibility index (Phi) is 9.69. The van der Waals surface area contributed by atoms with Crippen LogP contribution >= 0.6 is 0 Å². The maximum absolute atomic E-state index is 11.8. The second-order valence-electron chi connectivity index (χ2n) is 15.0. The van der Waals surface area contributed by atoms with Crippen LogP contribution in [-0.4, -0.2) is 135 Å². The molecule has 3 saturated heterocycles. The highest BCUT2D eigenvalue weighted by molar-refractivity contribution is 5.85. The lowest BCUT2D eigenvalue weighted by Gasteiger charge is -2.63. The normalized spacial score (nSPS) is 52.3. The molecule has 0 radical (unpaired) electrons. The average molecular weight is 659 g/mol. The third-order valence-electron chi connectivity index (χ3n) is 12.1. The molecule has 6 aliphatic rings. The molecule has 4 heterocycles. The molecule has 5 fully saturated rings. The van der Waals surface area contributed by atoms with Crippen molar-refractivity contribution in [2.24, 2.45) is 28.6 Å². The van der Waals surface area contributed by atoms with Gasteiger partial charge in [-0.25, -0.2) is 4.79 Å². The molecule has 6 rings (SSSR count). The molecule has 14 nitrogen and oxygen atoms in total. The summed E-state index contributed by atoms with van der Waals surface area (Å²) in [7, 11) is 0. The number of hydrogen-bond donors (Lipinski definition) is 7. The van der Waals surface area contributed by atoms with Gasteiger partial charge >= 0.3 is 5.97 Å². The van der Waals surface area contributed by atoms with Gasteiger partial charge in [0.2, 0.25) is 0 Å². The van der Waals surface area contributed by atoms with E-state index in [9.17, 15) is 40.5 Å². The lowest BCUT2D eigenvalue weighted by Crippen LogP contribution is -2.65. The number of cyclic esters (lactones) is 1. The van der Waals surface area contributed by atoms with Gasteiger partial charge in [0.15, 0.2) is 18.9 Å². The van der Waals surface area contributed by atoms with Crippen LogP contribution in [0.2, 0.25) is 0 Å². The van der Waals surface area contributed by atoms with Gasteiger partial charge in [-0.2, -0.15) is 0 Å². The van der Waals surface area contributed by atoms with E-state index in [-0.39, 0.29) is 29.8 Å². The molecule has 17 atom stereocenters. The number of hydrogen-bond acceptors (Lipinski definition) is 14. The molecule has 0 aromatic carbocycles. The average Bonchev–Trinajstić information content (AvgIpc) is 3.45. The number of esters is 1. The summed E-state index contributed by atoms with van der Waals surface area (Å²) < 4.78 is 35.2.